The van der Waals surface area contributed by atoms with E-state index in [1.807, 2.05) is 13.8 Å². The van der Waals surface area contributed by atoms with Crippen molar-refractivity contribution in [2.24, 2.45) is 0 Å². The topological polar surface area (TPSA) is 79.5 Å². The number of halogens is 1. The van der Waals surface area contributed by atoms with Crippen molar-refractivity contribution < 1.29 is 14.4 Å². The van der Waals surface area contributed by atoms with E-state index in [4.69, 9.17) is 21.2 Å². The Kier molecular flexibility index (Phi) is 4.93. The zero-order chi connectivity index (χ0) is 15.4. The van der Waals surface area contributed by atoms with Gasteiger partial charge in [0.15, 0.2) is 0 Å². The Morgan fingerprint density at radius 1 is 1.38 bits per heavy atom. The summed E-state index contributed by atoms with van der Waals surface area (Å²) in [4.78, 5) is 16.9. The molecule has 0 unspecified atom stereocenters. The summed E-state index contributed by atoms with van der Waals surface area (Å²) in [5.41, 5.74) is 0.795. The molecule has 0 spiro atoms. The molecule has 2 rings (SSSR count). The van der Waals surface area contributed by atoms with Crippen molar-refractivity contribution in [2.45, 2.75) is 26.4 Å². The summed E-state index contributed by atoms with van der Waals surface area (Å²) in [7, 11) is 0. The number of carboxylic acids is 1. The number of aromatic nitrogens is 2. The number of benzene rings is 1. The van der Waals surface area contributed by atoms with Crippen LogP contribution in [0, 0.1) is 0 Å². The second kappa shape index (κ2) is 6.69. The Hall–Kier alpha value is -1.92. The lowest BCUT2D eigenvalue weighted by Gasteiger charge is -2.22. The average molecular weight is 310 g/mol. The fraction of sp³-hybridized carbons (Fsp3) is 0.357. The van der Waals surface area contributed by atoms with Gasteiger partial charge >= 0.3 is 5.97 Å². The van der Waals surface area contributed by atoms with E-state index in [0.717, 1.165) is 5.56 Å². The van der Waals surface area contributed by atoms with Gasteiger partial charge in [-0.2, -0.15) is 4.98 Å². The van der Waals surface area contributed by atoms with Crippen LogP contribution in [0.15, 0.2) is 28.8 Å². The molecule has 0 amide bonds. The third-order valence-corrected chi connectivity index (χ3v) is 3.23. The summed E-state index contributed by atoms with van der Waals surface area (Å²) in [5.74, 6) is -0.0447. The summed E-state index contributed by atoms with van der Waals surface area (Å²) in [6.07, 6.45) is 0. The zero-order valence-corrected chi connectivity index (χ0v) is 12.5. The molecule has 21 heavy (non-hydrogen) atoms. The van der Waals surface area contributed by atoms with Gasteiger partial charge in [0, 0.05) is 16.6 Å². The van der Waals surface area contributed by atoms with E-state index in [1.54, 1.807) is 29.2 Å². The first-order valence-corrected chi connectivity index (χ1v) is 6.88. The summed E-state index contributed by atoms with van der Waals surface area (Å²) >= 11 is 5.83. The molecule has 1 aromatic heterocycles. The van der Waals surface area contributed by atoms with Crippen molar-refractivity contribution in [3.8, 4) is 11.4 Å². The van der Waals surface area contributed by atoms with Gasteiger partial charge in [0.05, 0.1) is 13.1 Å². The molecule has 0 bridgehead atoms. The Labute approximate surface area is 127 Å². The van der Waals surface area contributed by atoms with Gasteiger partial charge in [-0.15, -0.1) is 0 Å². The Bertz CT molecular complexity index is 610. The zero-order valence-electron chi connectivity index (χ0n) is 11.8. The van der Waals surface area contributed by atoms with Crippen LogP contribution in [0.4, 0.5) is 0 Å². The molecule has 2 aromatic rings. The number of nitrogens with zero attached hydrogens (tertiary/aromatic N) is 3. The van der Waals surface area contributed by atoms with E-state index in [0.29, 0.717) is 23.3 Å². The van der Waals surface area contributed by atoms with Crippen LogP contribution in [-0.4, -0.2) is 38.7 Å². The van der Waals surface area contributed by atoms with Crippen LogP contribution in [-0.2, 0) is 11.3 Å². The maximum Gasteiger partial charge on any atom is 0.317 e. The first-order valence-electron chi connectivity index (χ1n) is 6.50. The molecule has 0 aliphatic rings. The lowest BCUT2D eigenvalue weighted by atomic mass is 10.2. The standard InChI is InChI=1S/C14H16ClN3O3/c1-9(2)18(8-13(19)20)7-12-16-14(17-21-12)10-3-5-11(15)6-4-10/h3-6,9H,7-8H2,1-2H3,(H,19,20). The minimum absolute atomic E-state index is 0.0620. The molecule has 1 aromatic carbocycles. The minimum atomic E-state index is -0.888. The Balaban J connectivity index is 2.11. The van der Waals surface area contributed by atoms with E-state index in [-0.39, 0.29) is 12.6 Å². The van der Waals surface area contributed by atoms with Gasteiger partial charge in [0.2, 0.25) is 11.7 Å². The van der Waals surface area contributed by atoms with E-state index in [9.17, 15) is 4.79 Å². The van der Waals surface area contributed by atoms with Crippen LogP contribution in [0.25, 0.3) is 11.4 Å². The lowest BCUT2D eigenvalue weighted by Crippen LogP contribution is -2.35. The second-order valence-electron chi connectivity index (χ2n) is 4.91. The third kappa shape index (κ3) is 4.27. The molecular formula is C14H16ClN3O3. The number of aliphatic carboxylic acids is 1. The molecule has 0 aliphatic heterocycles. The summed E-state index contributed by atoms with van der Waals surface area (Å²) in [5, 5.41) is 13.4. The van der Waals surface area contributed by atoms with Gasteiger partial charge in [0.1, 0.15) is 0 Å². The van der Waals surface area contributed by atoms with E-state index in [2.05, 4.69) is 10.1 Å². The molecular weight excluding hydrogens is 294 g/mol. The fourth-order valence-electron chi connectivity index (χ4n) is 1.80. The normalized spacial score (nSPS) is 11.3. The smallest absolute Gasteiger partial charge is 0.317 e. The van der Waals surface area contributed by atoms with Crippen LogP contribution >= 0.6 is 11.6 Å². The number of carbonyl (C=O) groups is 1. The van der Waals surface area contributed by atoms with Crippen molar-refractivity contribution in [2.75, 3.05) is 6.54 Å². The van der Waals surface area contributed by atoms with Crippen LogP contribution in [0.3, 0.4) is 0 Å². The minimum Gasteiger partial charge on any atom is -0.480 e. The van der Waals surface area contributed by atoms with Crippen molar-refractivity contribution in [1.82, 2.24) is 15.0 Å². The van der Waals surface area contributed by atoms with Crippen LogP contribution in [0.2, 0.25) is 5.02 Å². The first kappa shape index (κ1) is 15.5. The van der Waals surface area contributed by atoms with Crippen LogP contribution in [0.5, 0.6) is 0 Å². The molecule has 0 fully saturated rings. The summed E-state index contributed by atoms with van der Waals surface area (Å²) in [6.45, 7) is 4.06. The maximum absolute atomic E-state index is 10.8. The van der Waals surface area contributed by atoms with E-state index in [1.165, 1.54) is 0 Å². The van der Waals surface area contributed by atoms with Gasteiger partial charge in [-0.1, -0.05) is 16.8 Å². The monoisotopic (exact) mass is 309 g/mol. The van der Waals surface area contributed by atoms with Gasteiger partial charge < -0.3 is 9.63 Å². The largest absolute Gasteiger partial charge is 0.480 e. The molecule has 0 saturated carbocycles. The highest BCUT2D eigenvalue weighted by Gasteiger charge is 2.17. The highest BCUT2D eigenvalue weighted by Crippen LogP contribution is 2.19. The van der Waals surface area contributed by atoms with Crippen molar-refractivity contribution in [1.29, 1.82) is 0 Å². The molecule has 0 atom stereocenters. The molecule has 1 N–H and O–H groups in total. The number of hydrogen-bond donors (Lipinski definition) is 1. The molecule has 0 aliphatic carbocycles. The molecule has 0 saturated heterocycles. The average Bonchev–Trinajstić information content (AvgIpc) is 2.87. The van der Waals surface area contributed by atoms with Gasteiger partial charge in [-0.25, -0.2) is 0 Å². The predicted octanol–water partition coefficient (Wildman–Crippen LogP) is 2.69. The number of carboxylic acid groups (broad SMARTS) is 1. The van der Waals surface area contributed by atoms with Crippen molar-refractivity contribution >= 4 is 17.6 Å². The lowest BCUT2D eigenvalue weighted by molar-refractivity contribution is -0.139. The van der Waals surface area contributed by atoms with Gasteiger partial charge in [-0.05, 0) is 38.1 Å². The molecule has 112 valence electrons. The highest BCUT2D eigenvalue weighted by atomic mass is 35.5. The Morgan fingerprint density at radius 2 is 2.05 bits per heavy atom. The molecule has 0 radical (unpaired) electrons. The highest BCUT2D eigenvalue weighted by molar-refractivity contribution is 6.30. The van der Waals surface area contributed by atoms with Crippen LogP contribution in [0.1, 0.15) is 19.7 Å². The fourth-order valence-corrected chi connectivity index (χ4v) is 1.93. The third-order valence-electron chi connectivity index (χ3n) is 2.98. The Morgan fingerprint density at radius 3 is 2.62 bits per heavy atom. The molecule has 7 heteroatoms. The van der Waals surface area contributed by atoms with Gasteiger partial charge in [0.25, 0.3) is 0 Å². The van der Waals surface area contributed by atoms with Crippen LogP contribution < -0.4 is 0 Å². The summed E-state index contributed by atoms with van der Waals surface area (Å²) in [6, 6.07) is 7.16. The quantitative estimate of drug-likeness (QED) is 0.883. The predicted molar refractivity (Wildman–Crippen MR) is 77.9 cm³/mol. The van der Waals surface area contributed by atoms with Crippen molar-refractivity contribution in [3.05, 3.63) is 35.2 Å². The first-order chi connectivity index (χ1) is 9.95. The van der Waals surface area contributed by atoms with Crippen molar-refractivity contribution in [3.63, 3.8) is 0 Å². The SMILES string of the molecule is CC(C)N(CC(=O)O)Cc1nc(-c2ccc(Cl)cc2)no1. The second-order valence-corrected chi connectivity index (χ2v) is 5.35. The maximum atomic E-state index is 10.8. The van der Waals surface area contributed by atoms with E-state index >= 15 is 0 Å². The number of rotatable bonds is 6. The number of hydrogen-bond acceptors (Lipinski definition) is 5. The van der Waals surface area contributed by atoms with Gasteiger partial charge in [-0.3, -0.25) is 9.69 Å². The molecule has 6 nitrogen and oxygen atoms in total. The summed E-state index contributed by atoms with van der Waals surface area (Å²) < 4.78 is 5.18. The van der Waals surface area contributed by atoms with E-state index < -0.39 is 5.97 Å². The molecule has 1 heterocycles.